The Morgan fingerprint density at radius 2 is 2.40 bits per heavy atom. The first kappa shape index (κ1) is 9.18. The van der Waals surface area contributed by atoms with Gasteiger partial charge >= 0.3 is 57.9 Å². The summed E-state index contributed by atoms with van der Waals surface area (Å²) in [7, 11) is -0.282. The fourth-order valence-electron chi connectivity index (χ4n) is 0.259. The van der Waals surface area contributed by atoms with Gasteiger partial charge in [0, 0.05) is 0 Å². The van der Waals surface area contributed by atoms with Crippen molar-refractivity contribution in [2.45, 2.75) is 6.04 Å². The molecule has 54 valence electrons. The molecule has 0 saturated heterocycles. The summed E-state index contributed by atoms with van der Waals surface area (Å²) in [6.07, 6.45) is 2.40. The molecule has 0 aromatic heterocycles. The molecule has 0 aliphatic carbocycles. The van der Waals surface area contributed by atoms with Crippen molar-refractivity contribution in [2.75, 3.05) is 0 Å². The van der Waals surface area contributed by atoms with Crippen LogP contribution >= 0.6 is 7.92 Å². The third-order valence-electron chi connectivity index (χ3n) is 0.716. The number of hydrogen-bond acceptors (Lipinski definition) is 3. The van der Waals surface area contributed by atoms with Gasteiger partial charge < -0.3 is 0 Å². The molecule has 0 aromatic rings. The minimum absolute atomic E-state index is 0.282. The van der Waals surface area contributed by atoms with Crippen LogP contribution < -0.4 is 5.73 Å². The summed E-state index contributed by atoms with van der Waals surface area (Å²) in [5.41, 5.74) is 7.25. The molecule has 10 heavy (non-hydrogen) atoms. The quantitative estimate of drug-likeness (QED) is 0.564. The Kier molecular flexibility index (Phi) is 4.59. The molecule has 0 saturated carbocycles. The Labute approximate surface area is 58.8 Å². The number of carboxylic acids is 1. The van der Waals surface area contributed by atoms with E-state index in [0.717, 1.165) is 0 Å². The van der Waals surface area contributed by atoms with Gasteiger partial charge in [-0.3, -0.25) is 0 Å². The number of rotatable bonds is 2. The molecule has 5 heteroatoms. The fraction of sp³-hybridized carbons (Fsp3) is 0.200. The summed E-state index contributed by atoms with van der Waals surface area (Å²) >= 11 is 0. The van der Waals surface area contributed by atoms with E-state index in [4.69, 9.17) is 10.8 Å². The molecular formula is C5H6NO3P. The second kappa shape index (κ2) is 5.00. The molecular weight excluding hydrogens is 153 g/mol. The molecule has 0 aliphatic rings. The van der Waals surface area contributed by atoms with Crippen LogP contribution in [0.2, 0.25) is 0 Å². The Bertz CT molecular complexity index is 241. The number of allylic oxidation sites excluding steroid dienone is 1. The summed E-state index contributed by atoms with van der Waals surface area (Å²) in [5, 5.41) is 8.20. The minimum atomic E-state index is -1.12. The van der Waals surface area contributed by atoms with E-state index in [1.165, 1.54) is 12.2 Å². The zero-order valence-corrected chi connectivity index (χ0v) is 5.91. The van der Waals surface area contributed by atoms with Crippen molar-refractivity contribution in [1.82, 2.24) is 0 Å². The molecule has 0 rings (SSSR count). The number of carbonyl (C=O) groups is 1. The molecule has 1 atom stereocenters. The van der Waals surface area contributed by atoms with Crippen LogP contribution in [0, 0.1) is 5.63 Å². The Morgan fingerprint density at radius 1 is 1.80 bits per heavy atom. The van der Waals surface area contributed by atoms with Crippen LogP contribution in [0.3, 0.4) is 0 Å². The number of carboxylic acid groups (broad SMARTS) is 1. The van der Waals surface area contributed by atoms with E-state index in [1.54, 1.807) is 0 Å². The second-order valence-corrected chi connectivity index (χ2v) is 1.88. The van der Waals surface area contributed by atoms with E-state index in [-0.39, 0.29) is 7.92 Å². The van der Waals surface area contributed by atoms with E-state index in [1.807, 2.05) is 0 Å². The standard InChI is InChI=1S/C5H6NO3P/c6-4(5(7)8)2-1-3-10-9/h1-2,4H,6H2,(H,7,8)/b2-1-. The van der Waals surface area contributed by atoms with Gasteiger partial charge in [-0.25, -0.2) is 0 Å². The van der Waals surface area contributed by atoms with Gasteiger partial charge in [0.05, 0.1) is 0 Å². The molecule has 0 aromatic carbocycles. The SMILES string of the molecule is NC(/C=C\C#P=O)C(=O)O. The van der Waals surface area contributed by atoms with Gasteiger partial charge in [-0.2, -0.15) is 0 Å². The van der Waals surface area contributed by atoms with Crippen molar-refractivity contribution in [3.8, 4) is 5.63 Å². The normalized spacial score (nSPS) is 12.5. The van der Waals surface area contributed by atoms with Gasteiger partial charge in [0.15, 0.2) is 0 Å². The van der Waals surface area contributed by atoms with Crippen molar-refractivity contribution >= 4 is 13.9 Å². The number of aliphatic carboxylic acids is 1. The predicted molar refractivity (Wildman–Crippen MR) is 36.2 cm³/mol. The first-order chi connectivity index (χ1) is 4.68. The maximum absolute atomic E-state index is 10.0. The molecule has 4 nitrogen and oxygen atoms in total. The van der Waals surface area contributed by atoms with E-state index in [2.05, 4.69) is 5.63 Å². The zero-order valence-electron chi connectivity index (χ0n) is 5.02. The summed E-state index contributed by atoms with van der Waals surface area (Å²) in [5.74, 6) is -1.12. The van der Waals surface area contributed by atoms with Gasteiger partial charge in [-0.1, -0.05) is 0 Å². The van der Waals surface area contributed by atoms with E-state index in [9.17, 15) is 9.36 Å². The molecule has 0 amide bonds. The van der Waals surface area contributed by atoms with Crippen molar-refractivity contribution in [3.63, 3.8) is 0 Å². The van der Waals surface area contributed by atoms with Crippen LogP contribution in [-0.2, 0) is 9.36 Å². The molecule has 0 fully saturated rings. The van der Waals surface area contributed by atoms with Crippen LogP contribution in [-0.4, -0.2) is 17.1 Å². The Hall–Kier alpha value is -0.820. The van der Waals surface area contributed by atoms with Crippen molar-refractivity contribution < 1.29 is 14.5 Å². The molecule has 3 N–H and O–H groups in total. The van der Waals surface area contributed by atoms with Crippen LogP contribution in [0.15, 0.2) is 12.2 Å². The summed E-state index contributed by atoms with van der Waals surface area (Å²) in [4.78, 5) is 10.0. The van der Waals surface area contributed by atoms with Crippen molar-refractivity contribution in [2.24, 2.45) is 5.73 Å². The predicted octanol–water partition coefficient (Wildman–Crippen LogP) is 0.205. The topological polar surface area (TPSA) is 80.4 Å². The summed E-state index contributed by atoms with van der Waals surface area (Å²) < 4.78 is 9.70. The van der Waals surface area contributed by atoms with Crippen LogP contribution in [0.5, 0.6) is 0 Å². The van der Waals surface area contributed by atoms with E-state index < -0.39 is 12.0 Å². The first-order valence-electron chi connectivity index (χ1n) is 2.41. The van der Waals surface area contributed by atoms with Crippen molar-refractivity contribution in [1.29, 1.82) is 0 Å². The number of nitrogens with two attached hydrogens (primary N) is 1. The molecule has 0 aliphatic heterocycles. The first-order valence-corrected chi connectivity index (χ1v) is 3.22. The van der Waals surface area contributed by atoms with Crippen LogP contribution in [0.25, 0.3) is 0 Å². The average Bonchev–Trinajstić information content (AvgIpc) is 1.88. The van der Waals surface area contributed by atoms with Gasteiger partial charge in [0.1, 0.15) is 0 Å². The summed E-state index contributed by atoms with van der Waals surface area (Å²) in [6, 6.07) is -1.05. The van der Waals surface area contributed by atoms with E-state index in [0.29, 0.717) is 0 Å². The van der Waals surface area contributed by atoms with Gasteiger partial charge in [0.2, 0.25) is 0 Å². The van der Waals surface area contributed by atoms with Crippen molar-refractivity contribution in [3.05, 3.63) is 12.2 Å². The average molecular weight is 159 g/mol. The third kappa shape index (κ3) is 4.10. The number of hydrogen-bond donors (Lipinski definition) is 2. The Morgan fingerprint density at radius 3 is 2.80 bits per heavy atom. The maximum atomic E-state index is 10.0. The van der Waals surface area contributed by atoms with Gasteiger partial charge in [-0.15, -0.1) is 0 Å². The fourth-order valence-corrected chi connectivity index (χ4v) is 0.406. The molecule has 0 radical (unpaired) electrons. The van der Waals surface area contributed by atoms with Gasteiger partial charge in [0.25, 0.3) is 0 Å². The molecule has 0 heterocycles. The molecule has 0 bridgehead atoms. The summed E-state index contributed by atoms with van der Waals surface area (Å²) in [6.45, 7) is 0. The second-order valence-electron chi connectivity index (χ2n) is 1.44. The van der Waals surface area contributed by atoms with Crippen LogP contribution in [0.4, 0.5) is 0 Å². The molecule has 0 spiro atoms. The zero-order chi connectivity index (χ0) is 7.98. The monoisotopic (exact) mass is 159 g/mol. The van der Waals surface area contributed by atoms with Crippen LogP contribution in [0.1, 0.15) is 0 Å². The Balaban J connectivity index is 3.97. The van der Waals surface area contributed by atoms with Gasteiger partial charge in [-0.05, 0) is 0 Å². The third-order valence-corrected chi connectivity index (χ3v) is 0.970. The molecule has 1 unspecified atom stereocenters. The van der Waals surface area contributed by atoms with E-state index >= 15 is 0 Å².